The largest absolute Gasteiger partial charge is 0.392 e. The molecule has 1 unspecified atom stereocenters. The van der Waals surface area contributed by atoms with E-state index in [1.807, 2.05) is 6.92 Å². The van der Waals surface area contributed by atoms with Crippen molar-refractivity contribution in [2.45, 2.75) is 32.0 Å². The van der Waals surface area contributed by atoms with Crippen molar-refractivity contribution in [1.82, 2.24) is 10.2 Å². The van der Waals surface area contributed by atoms with E-state index in [1.165, 1.54) is 6.08 Å². The lowest BCUT2D eigenvalue weighted by Crippen LogP contribution is -2.69. The van der Waals surface area contributed by atoms with E-state index in [2.05, 4.69) is 5.32 Å². The number of rotatable bonds is 3. The maximum absolute atomic E-state index is 12.0. The molecule has 0 bridgehead atoms. The van der Waals surface area contributed by atoms with Crippen molar-refractivity contribution in [3.05, 3.63) is 23.4 Å². The van der Waals surface area contributed by atoms with Gasteiger partial charge in [0.1, 0.15) is 0 Å². The van der Waals surface area contributed by atoms with Gasteiger partial charge in [0.2, 0.25) is 5.78 Å². The van der Waals surface area contributed by atoms with Crippen molar-refractivity contribution < 1.29 is 19.8 Å². The number of nitrogens with one attached hydrogen (secondary N) is 1. The lowest BCUT2D eigenvalue weighted by Gasteiger charge is -2.45. The van der Waals surface area contributed by atoms with E-state index in [9.17, 15) is 19.8 Å². The molecule has 1 saturated heterocycles. The normalized spacial score (nSPS) is 27.8. The molecule has 0 aromatic heterocycles. The van der Waals surface area contributed by atoms with Gasteiger partial charge in [-0.25, -0.2) is 0 Å². The molecule has 2 rings (SSSR count). The van der Waals surface area contributed by atoms with E-state index in [-0.39, 0.29) is 13.0 Å². The topological polar surface area (TPSA) is 89.9 Å². The fourth-order valence-electron chi connectivity index (χ4n) is 2.40. The minimum Gasteiger partial charge on any atom is -0.392 e. The summed E-state index contributed by atoms with van der Waals surface area (Å²) < 4.78 is 0. The van der Waals surface area contributed by atoms with Crippen LogP contribution in [0.25, 0.3) is 0 Å². The average Bonchev–Trinajstić information content (AvgIpc) is 2.37. The number of amides is 1. The van der Waals surface area contributed by atoms with Gasteiger partial charge in [-0.1, -0.05) is 13.0 Å². The van der Waals surface area contributed by atoms with Crippen LogP contribution < -0.4 is 5.32 Å². The zero-order valence-electron chi connectivity index (χ0n) is 10.8. The number of ketones is 1. The molecule has 0 aromatic rings. The molecule has 2 aliphatic heterocycles. The number of piperidine rings is 1. The number of aliphatic hydroxyl groups is 2. The molecular weight excluding hydrogens is 248 g/mol. The second kappa shape index (κ2) is 5.14. The minimum absolute atomic E-state index is 0.229. The van der Waals surface area contributed by atoms with Gasteiger partial charge in [-0.15, -0.1) is 0 Å². The summed E-state index contributed by atoms with van der Waals surface area (Å²) in [6.45, 7) is 1.97. The number of hydrogen-bond donors (Lipinski definition) is 3. The summed E-state index contributed by atoms with van der Waals surface area (Å²) in [4.78, 5) is 25.0. The predicted molar refractivity (Wildman–Crippen MR) is 67.6 cm³/mol. The monoisotopic (exact) mass is 266 g/mol. The van der Waals surface area contributed by atoms with Gasteiger partial charge >= 0.3 is 0 Å². The van der Waals surface area contributed by atoms with Crippen LogP contribution in [0.4, 0.5) is 0 Å². The first-order valence-corrected chi connectivity index (χ1v) is 6.40. The highest BCUT2D eigenvalue weighted by Crippen LogP contribution is 2.27. The minimum atomic E-state index is -1.97. The Morgan fingerprint density at radius 3 is 2.95 bits per heavy atom. The number of fused-ring (bicyclic) bond motifs is 1. The van der Waals surface area contributed by atoms with Gasteiger partial charge in [-0.05, 0) is 18.4 Å². The van der Waals surface area contributed by atoms with Gasteiger partial charge in [0.15, 0.2) is 0 Å². The van der Waals surface area contributed by atoms with Crippen molar-refractivity contribution in [2.24, 2.45) is 0 Å². The van der Waals surface area contributed by atoms with E-state index in [4.69, 9.17) is 0 Å². The molecule has 104 valence electrons. The first-order chi connectivity index (χ1) is 9.02. The molecule has 6 nitrogen and oxygen atoms in total. The van der Waals surface area contributed by atoms with Crippen LogP contribution >= 0.6 is 0 Å². The van der Waals surface area contributed by atoms with Crippen molar-refractivity contribution in [3.8, 4) is 0 Å². The first-order valence-electron chi connectivity index (χ1n) is 6.40. The Labute approximate surface area is 111 Å². The summed E-state index contributed by atoms with van der Waals surface area (Å²) in [6, 6.07) is 0. The molecule has 2 heterocycles. The van der Waals surface area contributed by atoms with Gasteiger partial charge in [0.25, 0.3) is 11.8 Å². The van der Waals surface area contributed by atoms with Gasteiger partial charge in [0, 0.05) is 24.7 Å². The van der Waals surface area contributed by atoms with Crippen molar-refractivity contribution in [1.29, 1.82) is 0 Å². The number of aliphatic hydroxyl groups excluding tert-OH is 1. The van der Waals surface area contributed by atoms with Crippen LogP contribution in [0.2, 0.25) is 0 Å². The zero-order valence-corrected chi connectivity index (χ0v) is 10.8. The van der Waals surface area contributed by atoms with E-state index in [1.54, 1.807) is 6.08 Å². The van der Waals surface area contributed by atoms with E-state index in [0.29, 0.717) is 30.7 Å². The molecule has 0 aliphatic carbocycles. The molecule has 6 heteroatoms. The number of hydrogen-bond acceptors (Lipinski definition) is 5. The maximum atomic E-state index is 12.0. The van der Waals surface area contributed by atoms with Crippen LogP contribution in [0.3, 0.4) is 0 Å². The van der Waals surface area contributed by atoms with Crippen LogP contribution in [0.5, 0.6) is 0 Å². The summed E-state index contributed by atoms with van der Waals surface area (Å²) in [5.74, 6) is -2.81. The molecule has 0 spiro atoms. The van der Waals surface area contributed by atoms with Crippen molar-refractivity contribution in [3.63, 3.8) is 0 Å². The molecule has 1 fully saturated rings. The molecule has 0 radical (unpaired) electrons. The summed E-state index contributed by atoms with van der Waals surface area (Å²) in [5.41, 5.74) is 0.811. The quantitative estimate of drug-likeness (QED) is 0.649. The average molecular weight is 266 g/mol. The van der Waals surface area contributed by atoms with E-state index < -0.39 is 17.5 Å². The number of Topliss-reactive ketones (excluding diaryl/α,β-unsaturated/α-hetero) is 1. The summed E-state index contributed by atoms with van der Waals surface area (Å²) in [7, 11) is 0. The number of allylic oxidation sites excluding steroid dienone is 1. The number of carbonyl (C=O) groups is 2. The van der Waals surface area contributed by atoms with Gasteiger partial charge in [-0.2, -0.15) is 0 Å². The number of nitrogens with zero attached hydrogens (tertiary/aromatic N) is 1. The third kappa shape index (κ3) is 2.29. The fourth-order valence-corrected chi connectivity index (χ4v) is 2.40. The van der Waals surface area contributed by atoms with Gasteiger partial charge in [-0.3, -0.25) is 14.5 Å². The molecule has 19 heavy (non-hydrogen) atoms. The Kier molecular flexibility index (Phi) is 3.73. The fraction of sp³-hybridized carbons (Fsp3) is 0.538. The molecule has 3 N–H and O–H groups in total. The molecule has 2 aliphatic rings. The van der Waals surface area contributed by atoms with Crippen LogP contribution in [-0.2, 0) is 9.59 Å². The van der Waals surface area contributed by atoms with Crippen LogP contribution in [-0.4, -0.2) is 45.8 Å². The second-order valence-corrected chi connectivity index (χ2v) is 4.67. The second-order valence-electron chi connectivity index (χ2n) is 4.67. The Hall–Kier alpha value is -1.66. The summed E-state index contributed by atoms with van der Waals surface area (Å²) in [5, 5.41) is 22.4. The molecule has 0 saturated carbocycles. The molecule has 0 aromatic carbocycles. The highest BCUT2D eigenvalue weighted by molar-refractivity contribution is 5.98. The Morgan fingerprint density at radius 1 is 1.58 bits per heavy atom. The van der Waals surface area contributed by atoms with Crippen LogP contribution in [0, 0.1) is 0 Å². The lowest BCUT2D eigenvalue weighted by molar-refractivity contribution is -0.183. The zero-order chi connectivity index (χ0) is 14.0. The van der Waals surface area contributed by atoms with Crippen LogP contribution in [0.15, 0.2) is 23.4 Å². The van der Waals surface area contributed by atoms with E-state index in [0.717, 1.165) is 4.90 Å². The highest BCUT2D eigenvalue weighted by Gasteiger charge is 2.49. The van der Waals surface area contributed by atoms with Crippen LogP contribution in [0.1, 0.15) is 26.2 Å². The lowest BCUT2D eigenvalue weighted by atomic mass is 9.98. The van der Waals surface area contributed by atoms with E-state index >= 15 is 0 Å². The smallest absolute Gasteiger partial charge is 0.281 e. The van der Waals surface area contributed by atoms with Crippen molar-refractivity contribution in [2.75, 3.05) is 13.2 Å². The standard InChI is InChI=1S/C13H18N2O4/c1-2-4-9(8-16)10-7-12(18)15-6-3-5-11(17)13(15,19)14-10/h4,7,14,16,19H,2-3,5-6,8H2,1H3/b9-4+. The maximum Gasteiger partial charge on any atom is 0.281 e. The molecule has 1 atom stereocenters. The predicted octanol–water partition coefficient (Wildman–Crippen LogP) is -0.360. The molecular formula is C13H18N2O4. The highest BCUT2D eigenvalue weighted by atomic mass is 16.3. The SMILES string of the molecule is CC/C=C(\CO)C1=CC(=O)N2CCCC(=O)C2(O)N1. The number of carbonyl (C=O) groups excluding carboxylic acids is 2. The van der Waals surface area contributed by atoms with Gasteiger partial charge < -0.3 is 15.5 Å². The van der Waals surface area contributed by atoms with Crippen molar-refractivity contribution >= 4 is 11.7 Å². The molecule has 1 amide bonds. The Bertz CT molecular complexity index is 469. The van der Waals surface area contributed by atoms with Gasteiger partial charge in [0.05, 0.1) is 6.61 Å². The summed E-state index contributed by atoms with van der Waals surface area (Å²) >= 11 is 0. The first kappa shape index (κ1) is 13.8. The Morgan fingerprint density at radius 2 is 2.32 bits per heavy atom. The third-order valence-electron chi connectivity index (χ3n) is 3.37. The third-order valence-corrected chi connectivity index (χ3v) is 3.37. The summed E-state index contributed by atoms with van der Waals surface area (Å²) in [6.07, 6.45) is 4.52. The Balaban J connectivity index is 2.38.